The number of hydrogen-bond donors (Lipinski definition) is 2. The molecule has 0 spiro atoms. The molecule has 0 amide bonds. The van der Waals surface area contributed by atoms with Gasteiger partial charge in [-0.3, -0.25) is 9.78 Å². The molecule has 0 saturated carbocycles. The topological polar surface area (TPSA) is 70.4 Å². The summed E-state index contributed by atoms with van der Waals surface area (Å²) in [4.78, 5) is 14.0. The van der Waals surface area contributed by atoms with Gasteiger partial charge in [-0.1, -0.05) is 0 Å². The highest BCUT2D eigenvalue weighted by molar-refractivity contribution is 5.70. The predicted octanol–water partition coefficient (Wildman–Crippen LogP) is 1.66. The third-order valence-electron chi connectivity index (χ3n) is 1.86. The van der Waals surface area contributed by atoms with Gasteiger partial charge in [-0.2, -0.15) is 0 Å². The first kappa shape index (κ1) is 11.4. The molecule has 0 atom stereocenters. The van der Waals surface area contributed by atoms with Gasteiger partial charge in [0.05, 0.1) is 12.1 Å². The van der Waals surface area contributed by atoms with Crippen molar-refractivity contribution < 1.29 is 23.8 Å². The Balaban J connectivity index is 3.13. The summed E-state index contributed by atoms with van der Waals surface area (Å²) >= 11 is 0. The van der Waals surface area contributed by atoms with Crippen molar-refractivity contribution in [1.82, 2.24) is 4.98 Å². The molecule has 1 rings (SSSR count). The molecule has 0 saturated heterocycles. The normalized spacial score (nSPS) is 10.7. The quantitative estimate of drug-likeness (QED) is 0.807. The number of aromatic nitrogens is 1. The van der Waals surface area contributed by atoms with E-state index in [0.29, 0.717) is 0 Å². The first-order valence-corrected chi connectivity index (χ1v) is 4.11. The maximum Gasteiger partial charge on any atom is 0.309 e. The van der Waals surface area contributed by atoms with Gasteiger partial charge >= 0.3 is 5.97 Å². The Morgan fingerprint density at radius 3 is 2.67 bits per heavy atom. The summed E-state index contributed by atoms with van der Waals surface area (Å²) < 4.78 is 24.7. The van der Waals surface area contributed by atoms with E-state index >= 15 is 0 Å². The molecule has 15 heavy (non-hydrogen) atoms. The number of alkyl halides is 2. The van der Waals surface area contributed by atoms with Crippen LogP contribution in [0.15, 0.2) is 6.07 Å². The molecular formula is C9H9F2NO3. The Kier molecular flexibility index (Phi) is 3.18. The molecule has 0 aromatic carbocycles. The lowest BCUT2D eigenvalue weighted by Crippen LogP contribution is -2.05. The zero-order chi connectivity index (χ0) is 11.6. The van der Waals surface area contributed by atoms with Gasteiger partial charge in [-0.15, -0.1) is 0 Å². The minimum Gasteiger partial charge on any atom is -0.506 e. The van der Waals surface area contributed by atoms with Gasteiger partial charge in [0.1, 0.15) is 5.75 Å². The van der Waals surface area contributed by atoms with Crippen molar-refractivity contribution in [3.8, 4) is 5.75 Å². The van der Waals surface area contributed by atoms with E-state index in [-0.39, 0.29) is 17.0 Å². The largest absolute Gasteiger partial charge is 0.506 e. The fourth-order valence-corrected chi connectivity index (χ4v) is 1.15. The minimum atomic E-state index is -2.73. The van der Waals surface area contributed by atoms with Gasteiger partial charge in [-0.25, -0.2) is 8.78 Å². The second-order valence-electron chi connectivity index (χ2n) is 3.00. The van der Waals surface area contributed by atoms with E-state index in [1.54, 1.807) is 0 Å². The second kappa shape index (κ2) is 4.20. The van der Waals surface area contributed by atoms with E-state index in [1.807, 2.05) is 0 Å². The average molecular weight is 217 g/mol. The summed E-state index contributed by atoms with van der Waals surface area (Å²) in [5.41, 5.74) is -0.468. The standard InChI is InChI=1S/C9H9F2NO3/c1-4-5(9(10)11)2-7(13)6(12-4)3-8(14)15/h2,9,13H,3H2,1H3,(H,14,15). The fraction of sp³-hybridized carbons (Fsp3) is 0.333. The number of aryl methyl sites for hydroxylation is 1. The highest BCUT2D eigenvalue weighted by Crippen LogP contribution is 2.27. The van der Waals surface area contributed by atoms with Crippen molar-refractivity contribution in [2.24, 2.45) is 0 Å². The lowest BCUT2D eigenvalue weighted by atomic mass is 10.1. The van der Waals surface area contributed by atoms with E-state index in [0.717, 1.165) is 6.07 Å². The van der Waals surface area contributed by atoms with Crippen molar-refractivity contribution in [2.45, 2.75) is 19.8 Å². The van der Waals surface area contributed by atoms with Crippen molar-refractivity contribution >= 4 is 5.97 Å². The highest BCUT2D eigenvalue weighted by atomic mass is 19.3. The summed E-state index contributed by atoms with van der Waals surface area (Å²) in [6.45, 7) is 1.34. The third kappa shape index (κ3) is 2.61. The van der Waals surface area contributed by atoms with Crippen LogP contribution in [0.1, 0.15) is 23.4 Å². The molecule has 2 N–H and O–H groups in total. The third-order valence-corrected chi connectivity index (χ3v) is 1.86. The summed E-state index contributed by atoms with van der Waals surface area (Å²) in [7, 11) is 0. The Morgan fingerprint density at radius 2 is 2.20 bits per heavy atom. The lowest BCUT2D eigenvalue weighted by molar-refractivity contribution is -0.136. The van der Waals surface area contributed by atoms with E-state index in [4.69, 9.17) is 5.11 Å². The first-order valence-electron chi connectivity index (χ1n) is 4.11. The molecule has 1 heterocycles. The van der Waals surface area contributed by atoms with E-state index < -0.39 is 24.6 Å². The van der Waals surface area contributed by atoms with E-state index in [1.165, 1.54) is 6.92 Å². The fourth-order valence-electron chi connectivity index (χ4n) is 1.15. The Morgan fingerprint density at radius 1 is 1.60 bits per heavy atom. The number of carboxylic acid groups (broad SMARTS) is 1. The molecular weight excluding hydrogens is 208 g/mol. The van der Waals surface area contributed by atoms with Crippen LogP contribution in [0.4, 0.5) is 8.78 Å². The highest BCUT2D eigenvalue weighted by Gasteiger charge is 2.16. The van der Waals surface area contributed by atoms with Crippen molar-refractivity contribution in [3.63, 3.8) is 0 Å². The molecule has 4 nitrogen and oxygen atoms in total. The number of nitrogens with zero attached hydrogens (tertiary/aromatic N) is 1. The van der Waals surface area contributed by atoms with Crippen LogP contribution in [-0.4, -0.2) is 21.2 Å². The maximum absolute atomic E-state index is 12.3. The number of carbonyl (C=O) groups is 1. The van der Waals surface area contributed by atoms with Gasteiger partial charge in [0, 0.05) is 11.3 Å². The SMILES string of the molecule is Cc1nc(CC(=O)O)c(O)cc1C(F)F. The number of hydrogen-bond acceptors (Lipinski definition) is 3. The van der Waals surface area contributed by atoms with Crippen LogP contribution in [0.25, 0.3) is 0 Å². The minimum absolute atomic E-state index is 0.0269. The smallest absolute Gasteiger partial charge is 0.309 e. The van der Waals surface area contributed by atoms with Crippen molar-refractivity contribution in [3.05, 3.63) is 23.0 Å². The molecule has 1 aromatic heterocycles. The molecule has 0 aliphatic heterocycles. The molecule has 0 unspecified atom stereocenters. The summed E-state index contributed by atoms with van der Waals surface area (Å²) in [6, 6.07) is 0.852. The van der Waals surface area contributed by atoms with E-state index in [2.05, 4.69) is 4.98 Å². The number of aromatic hydroxyl groups is 1. The molecule has 0 aliphatic carbocycles. The molecule has 0 radical (unpaired) electrons. The number of aliphatic carboxylic acids is 1. The summed E-state index contributed by atoms with van der Waals surface area (Å²) in [6.07, 6.45) is -3.22. The van der Waals surface area contributed by atoms with Gasteiger partial charge in [0.15, 0.2) is 0 Å². The van der Waals surface area contributed by atoms with Crippen molar-refractivity contribution in [2.75, 3.05) is 0 Å². The van der Waals surface area contributed by atoms with Crippen LogP contribution in [0, 0.1) is 6.92 Å². The number of rotatable bonds is 3. The van der Waals surface area contributed by atoms with Crippen molar-refractivity contribution in [1.29, 1.82) is 0 Å². The number of carboxylic acids is 1. The summed E-state index contributed by atoms with van der Waals surface area (Å²) in [5, 5.41) is 17.7. The van der Waals surface area contributed by atoms with Crippen LogP contribution >= 0.6 is 0 Å². The van der Waals surface area contributed by atoms with Crippen LogP contribution in [0.2, 0.25) is 0 Å². The van der Waals surface area contributed by atoms with Gasteiger partial charge in [0.2, 0.25) is 0 Å². The molecule has 0 bridgehead atoms. The van der Waals surface area contributed by atoms with Crippen LogP contribution < -0.4 is 0 Å². The zero-order valence-electron chi connectivity index (χ0n) is 7.87. The molecule has 6 heteroatoms. The van der Waals surface area contributed by atoms with Crippen LogP contribution in [0.5, 0.6) is 5.75 Å². The Labute approximate surface area is 84.2 Å². The van der Waals surface area contributed by atoms with Crippen LogP contribution in [0.3, 0.4) is 0 Å². The number of halogens is 2. The molecule has 0 fully saturated rings. The Hall–Kier alpha value is -1.72. The molecule has 1 aromatic rings. The Bertz CT molecular complexity index is 393. The number of pyridine rings is 1. The van der Waals surface area contributed by atoms with E-state index in [9.17, 15) is 18.7 Å². The first-order chi connectivity index (χ1) is 6.91. The van der Waals surface area contributed by atoms with Gasteiger partial charge in [-0.05, 0) is 13.0 Å². The monoisotopic (exact) mass is 217 g/mol. The maximum atomic E-state index is 12.3. The molecule has 0 aliphatic rings. The second-order valence-corrected chi connectivity index (χ2v) is 3.00. The summed E-state index contributed by atoms with van der Waals surface area (Å²) in [5.74, 6) is -1.69. The predicted molar refractivity (Wildman–Crippen MR) is 46.9 cm³/mol. The molecule has 82 valence electrons. The van der Waals surface area contributed by atoms with Gasteiger partial charge in [0.25, 0.3) is 6.43 Å². The van der Waals surface area contributed by atoms with Gasteiger partial charge < -0.3 is 10.2 Å². The van der Waals surface area contributed by atoms with Crippen LogP contribution in [-0.2, 0) is 11.2 Å². The average Bonchev–Trinajstić information content (AvgIpc) is 2.09. The zero-order valence-corrected chi connectivity index (χ0v) is 7.87. The lowest BCUT2D eigenvalue weighted by Gasteiger charge is -2.07.